The van der Waals surface area contributed by atoms with Crippen molar-refractivity contribution in [3.8, 4) is 11.6 Å². The normalized spacial score (nSPS) is 13.2. The number of benzene rings is 3. The number of rotatable bonds is 4. The number of fused-ring (bicyclic) bond motifs is 1. The number of para-hydroxylation sites is 2. The Morgan fingerprint density at radius 1 is 1.00 bits per heavy atom. The maximum atomic E-state index is 12.8. The van der Waals surface area contributed by atoms with Crippen LogP contribution in [0.5, 0.6) is 5.88 Å². The van der Waals surface area contributed by atoms with Crippen LogP contribution in [-0.2, 0) is 4.79 Å². The number of hydrogen-bond acceptors (Lipinski definition) is 6. The van der Waals surface area contributed by atoms with E-state index in [2.05, 4.69) is 9.98 Å². The van der Waals surface area contributed by atoms with E-state index in [1.54, 1.807) is 4.57 Å². The van der Waals surface area contributed by atoms with Gasteiger partial charge in [-0.15, -0.1) is 0 Å². The lowest BCUT2D eigenvalue weighted by Crippen LogP contribution is -2.23. The highest BCUT2D eigenvalue weighted by molar-refractivity contribution is 7.11. The van der Waals surface area contributed by atoms with Crippen LogP contribution in [0.2, 0.25) is 0 Å². The number of nitro benzene ring substituents is 1. The molecule has 4 aromatic rings. The summed E-state index contributed by atoms with van der Waals surface area (Å²) in [6.07, 6.45) is 0. The van der Waals surface area contributed by atoms with E-state index in [1.165, 1.54) is 18.2 Å². The molecule has 32 heavy (non-hydrogen) atoms. The molecular formula is C23H14N4O4S. The van der Waals surface area contributed by atoms with Gasteiger partial charge in [-0.05, 0) is 30.3 Å². The summed E-state index contributed by atoms with van der Waals surface area (Å²) in [4.78, 5) is 32.8. The van der Waals surface area contributed by atoms with Gasteiger partial charge in [-0.1, -0.05) is 47.7 Å². The summed E-state index contributed by atoms with van der Waals surface area (Å²) in [6.45, 7) is 0. The molecule has 0 spiro atoms. The third kappa shape index (κ3) is 3.30. The average Bonchev–Trinajstić information content (AvgIpc) is 3.29. The third-order valence-electron chi connectivity index (χ3n) is 4.92. The van der Waals surface area contributed by atoms with Crippen molar-refractivity contribution < 1.29 is 14.8 Å². The van der Waals surface area contributed by atoms with Gasteiger partial charge in [-0.3, -0.25) is 19.5 Å². The lowest BCUT2D eigenvalue weighted by atomic mass is 10.1. The zero-order chi connectivity index (χ0) is 22.2. The van der Waals surface area contributed by atoms with Gasteiger partial charge in [0.15, 0.2) is 4.80 Å². The summed E-state index contributed by atoms with van der Waals surface area (Å²) in [7, 11) is 0. The first kappa shape index (κ1) is 19.6. The molecular weight excluding hydrogens is 428 g/mol. The molecule has 5 rings (SSSR count). The van der Waals surface area contributed by atoms with Gasteiger partial charge in [0, 0.05) is 17.4 Å². The van der Waals surface area contributed by atoms with E-state index in [-0.39, 0.29) is 22.0 Å². The van der Waals surface area contributed by atoms with Crippen molar-refractivity contribution in [1.82, 2.24) is 4.57 Å². The molecule has 3 aromatic carbocycles. The van der Waals surface area contributed by atoms with Gasteiger partial charge in [-0.25, -0.2) is 9.98 Å². The maximum Gasteiger partial charge on any atom is 0.279 e. The van der Waals surface area contributed by atoms with Gasteiger partial charge in [0.2, 0.25) is 5.88 Å². The molecule has 9 heteroatoms. The van der Waals surface area contributed by atoms with E-state index in [9.17, 15) is 20.0 Å². The van der Waals surface area contributed by atoms with Crippen LogP contribution in [0.3, 0.4) is 0 Å². The van der Waals surface area contributed by atoms with E-state index >= 15 is 0 Å². The largest absolute Gasteiger partial charge is 0.493 e. The Kier molecular flexibility index (Phi) is 4.72. The Morgan fingerprint density at radius 2 is 1.69 bits per heavy atom. The lowest BCUT2D eigenvalue weighted by molar-refractivity contribution is -0.385. The van der Waals surface area contributed by atoms with Crippen molar-refractivity contribution in [3.63, 3.8) is 0 Å². The Morgan fingerprint density at radius 3 is 2.38 bits per heavy atom. The van der Waals surface area contributed by atoms with Crippen LogP contribution in [0.25, 0.3) is 11.3 Å². The summed E-state index contributed by atoms with van der Waals surface area (Å²) in [6, 6.07) is 22.4. The highest BCUT2D eigenvalue weighted by atomic mass is 32.1. The molecule has 0 saturated carbocycles. The van der Waals surface area contributed by atoms with Gasteiger partial charge in [0.05, 0.1) is 27.2 Å². The average molecular weight is 442 g/mol. The first-order valence-corrected chi connectivity index (χ1v) is 10.4. The molecule has 1 aliphatic rings. The summed E-state index contributed by atoms with van der Waals surface area (Å²) < 4.78 is 1.54. The topological polar surface area (TPSA) is 110 Å². The standard InChI is InChI=1S/C23H14N4O4S/c28-21-19(17-13-16(27(30)31)11-12-18(17)25-21)20-22(29)26(15-9-5-2-6-10-15)23(32-20)24-14-7-3-1-4-8-14/h1-13,29H. The van der Waals surface area contributed by atoms with Crippen molar-refractivity contribution in [3.05, 3.63) is 109 Å². The number of nitro groups is 1. The fraction of sp³-hybridized carbons (Fsp3) is 0. The molecule has 0 atom stereocenters. The van der Waals surface area contributed by atoms with E-state index in [1.807, 2.05) is 60.7 Å². The van der Waals surface area contributed by atoms with Crippen LogP contribution in [0.1, 0.15) is 4.88 Å². The number of nitrogens with zero attached hydrogens (tertiary/aromatic N) is 4. The van der Waals surface area contributed by atoms with Crippen LogP contribution in [-0.4, -0.2) is 20.5 Å². The van der Waals surface area contributed by atoms with Crippen LogP contribution < -0.4 is 15.4 Å². The van der Waals surface area contributed by atoms with Crippen LogP contribution in [0.4, 0.5) is 11.4 Å². The minimum absolute atomic E-state index is 0.116. The first-order chi connectivity index (χ1) is 15.5. The summed E-state index contributed by atoms with van der Waals surface area (Å²) in [5.41, 5.74) is 1.29. The summed E-state index contributed by atoms with van der Waals surface area (Å²) >= 11 is 1.11. The Hall–Kier alpha value is -4.37. The second kappa shape index (κ2) is 7.71. The molecule has 0 fully saturated rings. The van der Waals surface area contributed by atoms with Crippen molar-refractivity contribution in [2.45, 2.75) is 0 Å². The maximum absolute atomic E-state index is 12.8. The third-order valence-corrected chi connectivity index (χ3v) is 5.97. The van der Waals surface area contributed by atoms with E-state index < -0.39 is 10.8 Å². The molecule has 8 nitrogen and oxygen atoms in total. The monoisotopic (exact) mass is 442 g/mol. The highest BCUT2D eigenvalue weighted by Crippen LogP contribution is 2.31. The van der Waals surface area contributed by atoms with Crippen molar-refractivity contribution in [1.29, 1.82) is 0 Å². The molecule has 1 N–H and O–H groups in total. The van der Waals surface area contributed by atoms with Crippen molar-refractivity contribution in [2.75, 3.05) is 0 Å². The number of carbonyl (C=O) groups excluding carboxylic acids is 1. The summed E-state index contributed by atoms with van der Waals surface area (Å²) in [5.74, 6) is -0.752. The van der Waals surface area contributed by atoms with Crippen LogP contribution >= 0.6 is 11.3 Å². The predicted molar refractivity (Wildman–Crippen MR) is 118 cm³/mol. The van der Waals surface area contributed by atoms with Crippen LogP contribution in [0.15, 0.2) is 88.8 Å². The molecule has 0 radical (unpaired) electrons. The minimum atomic E-state index is -0.566. The van der Waals surface area contributed by atoms with Gasteiger partial charge in [-0.2, -0.15) is 0 Å². The van der Waals surface area contributed by atoms with Gasteiger partial charge < -0.3 is 5.11 Å². The number of thiazole rings is 1. The number of carbonyl (C=O) groups is 1. The zero-order valence-corrected chi connectivity index (χ0v) is 17.2. The number of aromatic nitrogens is 1. The van der Waals surface area contributed by atoms with Gasteiger partial charge in [0.1, 0.15) is 4.88 Å². The van der Waals surface area contributed by atoms with Gasteiger partial charge >= 0.3 is 0 Å². The number of hydrogen-bond donors (Lipinski definition) is 1. The second-order valence-electron chi connectivity index (χ2n) is 6.91. The van der Waals surface area contributed by atoms with Crippen LogP contribution in [0, 0.1) is 10.1 Å². The van der Waals surface area contributed by atoms with Gasteiger partial charge in [0.25, 0.3) is 11.6 Å². The van der Waals surface area contributed by atoms with Crippen molar-refractivity contribution >= 4 is 34.2 Å². The van der Waals surface area contributed by atoms with E-state index in [0.29, 0.717) is 26.8 Å². The number of non-ortho nitro benzene ring substituents is 1. The molecule has 1 amide bonds. The predicted octanol–water partition coefficient (Wildman–Crippen LogP) is 2.74. The Bertz CT molecular complexity index is 1570. The lowest BCUT2D eigenvalue weighted by Gasteiger charge is -2.05. The second-order valence-corrected chi connectivity index (χ2v) is 7.88. The fourth-order valence-electron chi connectivity index (χ4n) is 3.47. The quantitative estimate of drug-likeness (QED) is 0.387. The SMILES string of the molecule is O=C1N=c2ccc([N+](=O)[O-])cc2=C1c1sc(=Nc2ccccc2)n(-c2ccccc2)c1O. The fourth-order valence-corrected chi connectivity index (χ4v) is 4.57. The molecule has 0 bridgehead atoms. The molecule has 0 unspecified atom stereocenters. The zero-order valence-electron chi connectivity index (χ0n) is 16.4. The summed E-state index contributed by atoms with van der Waals surface area (Å²) in [5, 5.41) is 23.1. The van der Waals surface area contributed by atoms with E-state index in [0.717, 1.165) is 11.3 Å². The molecule has 0 aliphatic carbocycles. The first-order valence-electron chi connectivity index (χ1n) is 9.55. The Labute approximate surface area is 184 Å². The Balaban J connectivity index is 1.84. The van der Waals surface area contributed by atoms with E-state index in [4.69, 9.17) is 0 Å². The smallest absolute Gasteiger partial charge is 0.279 e. The molecule has 1 aromatic heterocycles. The number of amides is 1. The number of aromatic hydroxyl groups is 1. The molecule has 1 aliphatic heterocycles. The van der Waals surface area contributed by atoms with Crippen molar-refractivity contribution in [2.24, 2.45) is 9.98 Å². The highest BCUT2D eigenvalue weighted by Gasteiger charge is 2.27. The molecule has 2 heterocycles. The molecule has 0 saturated heterocycles. The molecule has 156 valence electrons. The minimum Gasteiger partial charge on any atom is -0.493 e.